The van der Waals surface area contributed by atoms with E-state index in [2.05, 4.69) is 16.5 Å². The van der Waals surface area contributed by atoms with Crippen LogP contribution in [0.15, 0.2) is 31.4 Å². The minimum atomic E-state index is -0.652. The van der Waals surface area contributed by atoms with Crippen LogP contribution >= 0.6 is 0 Å². The average Bonchev–Trinajstić information content (AvgIpc) is 2.05. The Bertz CT molecular complexity index is 210. The van der Waals surface area contributed by atoms with Crippen molar-refractivity contribution in [1.29, 1.82) is 0 Å². The van der Waals surface area contributed by atoms with Crippen LogP contribution in [-0.4, -0.2) is 15.1 Å². The first-order valence-corrected chi connectivity index (χ1v) is 2.90. The third kappa shape index (κ3) is 1.39. The molecule has 0 aliphatic rings. The number of aromatic nitrogens is 2. The molecule has 1 aromatic rings. The van der Waals surface area contributed by atoms with E-state index in [0.717, 1.165) is 0 Å². The highest BCUT2D eigenvalue weighted by molar-refractivity contribution is 5.11. The van der Waals surface area contributed by atoms with Gasteiger partial charge in [0.25, 0.3) is 0 Å². The van der Waals surface area contributed by atoms with Gasteiger partial charge in [0.15, 0.2) is 0 Å². The molecule has 1 unspecified atom stereocenters. The summed E-state index contributed by atoms with van der Waals surface area (Å²) in [6, 6.07) is 0. The summed E-state index contributed by atoms with van der Waals surface area (Å²) in [4.78, 5) is 7.47. The zero-order valence-electron chi connectivity index (χ0n) is 5.44. The molecule has 1 aromatic heterocycles. The molecule has 0 radical (unpaired) electrons. The predicted molar refractivity (Wildman–Crippen MR) is 37.2 cm³/mol. The van der Waals surface area contributed by atoms with Gasteiger partial charge < -0.3 is 5.11 Å². The topological polar surface area (TPSA) is 46.0 Å². The first-order chi connectivity index (χ1) is 4.84. The zero-order valence-corrected chi connectivity index (χ0v) is 5.44. The SMILES string of the molecule is C=CC(O)c1cncnc1. The minimum Gasteiger partial charge on any atom is -0.384 e. The van der Waals surface area contributed by atoms with Gasteiger partial charge in [-0.1, -0.05) is 6.08 Å². The number of aliphatic hydroxyl groups is 1. The molecule has 0 amide bonds. The van der Waals surface area contributed by atoms with Crippen molar-refractivity contribution < 1.29 is 5.11 Å². The lowest BCUT2D eigenvalue weighted by molar-refractivity contribution is 0.228. The Kier molecular flexibility index (Phi) is 2.12. The molecule has 10 heavy (non-hydrogen) atoms. The van der Waals surface area contributed by atoms with Crippen LogP contribution in [0, 0.1) is 0 Å². The molecule has 0 saturated carbocycles. The quantitative estimate of drug-likeness (QED) is 0.608. The van der Waals surface area contributed by atoms with Gasteiger partial charge >= 0.3 is 0 Å². The van der Waals surface area contributed by atoms with Crippen molar-refractivity contribution in [3.05, 3.63) is 36.9 Å². The molecule has 0 fully saturated rings. The average molecular weight is 136 g/mol. The maximum absolute atomic E-state index is 9.13. The molecular formula is C7H8N2O. The van der Waals surface area contributed by atoms with Gasteiger partial charge in [-0.3, -0.25) is 0 Å². The lowest BCUT2D eigenvalue weighted by Crippen LogP contribution is -1.93. The Hall–Kier alpha value is -1.22. The lowest BCUT2D eigenvalue weighted by atomic mass is 10.2. The van der Waals surface area contributed by atoms with Gasteiger partial charge in [0, 0.05) is 18.0 Å². The monoisotopic (exact) mass is 136 g/mol. The molecule has 1 N–H and O–H groups in total. The van der Waals surface area contributed by atoms with E-state index in [-0.39, 0.29) is 0 Å². The zero-order chi connectivity index (χ0) is 7.40. The fraction of sp³-hybridized carbons (Fsp3) is 0.143. The third-order valence-corrected chi connectivity index (χ3v) is 1.15. The van der Waals surface area contributed by atoms with Crippen LogP contribution in [0.4, 0.5) is 0 Å². The fourth-order valence-electron chi connectivity index (χ4n) is 0.599. The summed E-state index contributed by atoms with van der Waals surface area (Å²) in [5.41, 5.74) is 0.664. The minimum absolute atomic E-state index is 0.652. The van der Waals surface area contributed by atoms with Gasteiger partial charge in [-0.15, -0.1) is 6.58 Å². The van der Waals surface area contributed by atoms with Gasteiger partial charge in [0.05, 0.1) is 6.10 Å². The van der Waals surface area contributed by atoms with E-state index in [1.165, 1.54) is 12.4 Å². The van der Waals surface area contributed by atoms with Crippen molar-refractivity contribution in [3.63, 3.8) is 0 Å². The molecule has 1 atom stereocenters. The largest absolute Gasteiger partial charge is 0.384 e. The molecule has 0 aliphatic carbocycles. The van der Waals surface area contributed by atoms with Crippen LogP contribution in [0.3, 0.4) is 0 Å². The Balaban J connectivity index is 2.84. The molecule has 1 heterocycles. The first kappa shape index (κ1) is 6.89. The van der Waals surface area contributed by atoms with Crippen molar-refractivity contribution in [3.8, 4) is 0 Å². The predicted octanol–water partition coefficient (Wildman–Crippen LogP) is 0.696. The van der Waals surface area contributed by atoms with Crippen molar-refractivity contribution in [1.82, 2.24) is 9.97 Å². The van der Waals surface area contributed by atoms with Gasteiger partial charge in [0.1, 0.15) is 6.33 Å². The second-order valence-corrected chi connectivity index (χ2v) is 1.85. The van der Waals surface area contributed by atoms with Gasteiger partial charge in [-0.2, -0.15) is 0 Å². The Labute approximate surface area is 59.1 Å². The highest BCUT2D eigenvalue weighted by atomic mass is 16.3. The van der Waals surface area contributed by atoms with E-state index in [0.29, 0.717) is 5.56 Å². The van der Waals surface area contributed by atoms with Gasteiger partial charge in [-0.05, 0) is 0 Å². The van der Waals surface area contributed by atoms with E-state index in [9.17, 15) is 0 Å². The molecule has 52 valence electrons. The normalized spacial score (nSPS) is 12.5. The highest BCUT2D eigenvalue weighted by Gasteiger charge is 2.00. The number of aliphatic hydroxyl groups excluding tert-OH is 1. The van der Waals surface area contributed by atoms with Crippen molar-refractivity contribution in [2.75, 3.05) is 0 Å². The Morgan fingerprint density at radius 1 is 1.50 bits per heavy atom. The van der Waals surface area contributed by atoms with Crippen LogP contribution in [0.2, 0.25) is 0 Å². The molecule has 0 aromatic carbocycles. The van der Waals surface area contributed by atoms with Gasteiger partial charge in [0.2, 0.25) is 0 Å². The summed E-state index contributed by atoms with van der Waals surface area (Å²) < 4.78 is 0. The van der Waals surface area contributed by atoms with Crippen LogP contribution in [-0.2, 0) is 0 Å². The standard InChI is InChI=1S/C7H8N2O/c1-2-7(10)6-3-8-5-9-4-6/h2-5,7,10H,1H2. The summed E-state index contributed by atoms with van der Waals surface area (Å²) in [6.45, 7) is 3.43. The smallest absolute Gasteiger partial charge is 0.115 e. The van der Waals surface area contributed by atoms with E-state index >= 15 is 0 Å². The van der Waals surface area contributed by atoms with Gasteiger partial charge in [-0.25, -0.2) is 9.97 Å². The van der Waals surface area contributed by atoms with Crippen molar-refractivity contribution in [2.24, 2.45) is 0 Å². The summed E-state index contributed by atoms with van der Waals surface area (Å²) in [6.07, 6.45) is 5.30. The van der Waals surface area contributed by atoms with E-state index in [4.69, 9.17) is 5.11 Å². The molecule has 3 heteroatoms. The van der Waals surface area contributed by atoms with Crippen molar-refractivity contribution in [2.45, 2.75) is 6.10 Å². The fourth-order valence-corrected chi connectivity index (χ4v) is 0.599. The molecule has 0 aliphatic heterocycles. The molecule has 0 saturated heterocycles. The summed E-state index contributed by atoms with van der Waals surface area (Å²) in [5.74, 6) is 0. The van der Waals surface area contributed by atoms with E-state index < -0.39 is 6.10 Å². The maximum Gasteiger partial charge on any atom is 0.115 e. The van der Waals surface area contributed by atoms with Crippen LogP contribution in [0.1, 0.15) is 11.7 Å². The third-order valence-electron chi connectivity index (χ3n) is 1.15. The molecule has 3 nitrogen and oxygen atoms in total. The summed E-state index contributed by atoms with van der Waals surface area (Å²) >= 11 is 0. The molecule has 0 spiro atoms. The molecule has 1 rings (SSSR count). The van der Waals surface area contributed by atoms with Crippen molar-refractivity contribution >= 4 is 0 Å². The van der Waals surface area contributed by atoms with E-state index in [1.807, 2.05) is 0 Å². The summed E-state index contributed by atoms with van der Waals surface area (Å²) in [7, 11) is 0. The second kappa shape index (κ2) is 3.08. The highest BCUT2D eigenvalue weighted by Crippen LogP contribution is 2.08. The molecule has 0 bridgehead atoms. The molecular weight excluding hydrogens is 128 g/mol. The number of hydrogen-bond acceptors (Lipinski definition) is 3. The first-order valence-electron chi connectivity index (χ1n) is 2.90. The lowest BCUT2D eigenvalue weighted by Gasteiger charge is -2.01. The van der Waals surface area contributed by atoms with Crippen LogP contribution in [0.25, 0.3) is 0 Å². The Morgan fingerprint density at radius 3 is 2.60 bits per heavy atom. The summed E-state index contributed by atoms with van der Waals surface area (Å²) in [5, 5.41) is 9.13. The number of rotatable bonds is 2. The van der Waals surface area contributed by atoms with Crippen LogP contribution < -0.4 is 0 Å². The maximum atomic E-state index is 9.13. The van der Waals surface area contributed by atoms with Crippen LogP contribution in [0.5, 0.6) is 0 Å². The van der Waals surface area contributed by atoms with E-state index in [1.54, 1.807) is 12.4 Å². The number of hydrogen-bond donors (Lipinski definition) is 1. The number of nitrogens with zero attached hydrogens (tertiary/aromatic N) is 2. The second-order valence-electron chi connectivity index (χ2n) is 1.85. The Morgan fingerprint density at radius 2 is 2.10 bits per heavy atom.